The van der Waals surface area contributed by atoms with Crippen LogP contribution in [-0.4, -0.2) is 21.8 Å². The molecule has 0 saturated carbocycles. The van der Waals surface area contributed by atoms with Gasteiger partial charge < -0.3 is 15.6 Å². The summed E-state index contributed by atoms with van der Waals surface area (Å²) in [7, 11) is 0. The number of aromatic nitrogens is 2. The molecule has 5 rings (SSSR count). The number of aromatic amines is 1. The van der Waals surface area contributed by atoms with Crippen LogP contribution in [0.3, 0.4) is 0 Å². The molecule has 0 atom stereocenters. The minimum atomic E-state index is -0.179. The Kier molecular flexibility index (Phi) is 3.66. The first-order valence-electron chi connectivity index (χ1n) is 8.11. The molecule has 27 heavy (non-hydrogen) atoms. The fourth-order valence-corrected chi connectivity index (χ4v) is 4.98. The van der Waals surface area contributed by atoms with E-state index in [4.69, 9.17) is 0 Å². The van der Waals surface area contributed by atoms with E-state index >= 15 is 0 Å². The summed E-state index contributed by atoms with van der Waals surface area (Å²) in [5.41, 5.74) is 3.38. The zero-order chi connectivity index (χ0) is 18.4. The van der Waals surface area contributed by atoms with Crippen LogP contribution in [0.2, 0.25) is 0 Å². The number of amides is 2. The minimum Gasteiger partial charge on any atom is -0.345 e. The van der Waals surface area contributed by atoms with E-state index < -0.39 is 0 Å². The van der Waals surface area contributed by atoms with E-state index in [-0.39, 0.29) is 11.8 Å². The second-order valence-corrected chi connectivity index (χ2v) is 8.02. The van der Waals surface area contributed by atoms with Crippen LogP contribution < -0.4 is 10.6 Å². The zero-order valence-corrected chi connectivity index (χ0v) is 15.4. The number of nitrogens with one attached hydrogen (secondary N) is 3. The van der Waals surface area contributed by atoms with Gasteiger partial charge in [0.2, 0.25) is 0 Å². The van der Waals surface area contributed by atoms with Gasteiger partial charge in [0, 0.05) is 26.3 Å². The topological polar surface area (TPSA) is 86.9 Å². The number of carbonyl (C=O) groups is 2. The first-order valence-corrected chi connectivity index (χ1v) is 9.81. The number of thiophene rings is 2. The summed E-state index contributed by atoms with van der Waals surface area (Å²) in [6.07, 6.45) is 4.95. The number of anilines is 2. The van der Waals surface area contributed by atoms with Crippen LogP contribution in [0.5, 0.6) is 0 Å². The van der Waals surface area contributed by atoms with E-state index in [1.165, 1.54) is 11.3 Å². The van der Waals surface area contributed by atoms with Gasteiger partial charge in [-0.1, -0.05) is 0 Å². The Labute approximate surface area is 161 Å². The van der Waals surface area contributed by atoms with Gasteiger partial charge in [0.25, 0.3) is 11.8 Å². The summed E-state index contributed by atoms with van der Waals surface area (Å²) in [6, 6.07) is 9.31. The van der Waals surface area contributed by atoms with Crippen molar-refractivity contribution in [3.63, 3.8) is 0 Å². The standard InChI is InChI=1S/C19H12N4O2S2/c24-18-13(6-11-8-20-9-21-11)12-5-10(1-2-14(12)23-18)22-19(25)17-7-16-15(27-17)3-4-26-16/h1-9H,(H,20,21)(H,22,25)(H,23,24)/b13-6-. The van der Waals surface area contributed by atoms with Gasteiger partial charge in [-0.2, -0.15) is 0 Å². The molecule has 2 amide bonds. The van der Waals surface area contributed by atoms with Crippen molar-refractivity contribution in [2.75, 3.05) is 10.6 Å². The van der Waals surface area contributed by atoms with Crippen molar-refractivity contribution in [2.24, 2.45) is 0 Å². The fraction of sp³-hybridized carbons (Fsp3) is 0. The molecule has 132 valence electrons. The summed E-state index contributed by atoms with van der Waals surface area (Å²) in [6.45, 7) is 0. The number of H-pyrrole nitrogens is 1. The molecule has 3 N–H and O–H groups in total. The van der Waals surface area contributed by atoms with Crippen molar-refractivity contribution in [3.05, 3.63) is 64.4 Å². The summed E-state index contributed by atoms with van der Waals surface area (Å²) in [5.74, 6) is -0.332. The van der Waals surface area contributed by atoms with Crippen molar-refractivity contribution in [3.8, 4) is 0 Å². The third kappa shape index (κ3) is 2.84. The molecular formula is C19H12N4O2S2. The monoisotopic (exact) mass is 392 g/mol. The summed E-state index contributed by atoms with van der Waals surface area (Å²) in [5, 5.41) is 7.77. The normalized spacial score (nSPS) is 14.5. The number of hydrogen-bond acceptors (Lipinski definition) is 5. The second kappa shape index (κ2) is 6.19. The van der Waals surface area contributed by atoms with Gasteiger partial charge in [-0.3, -0.25) is 9.59 Å². The average Bonchev–Trinajstić information content (AvgIpc) is 3.40. The largest absolute Gasteiger partial charge is 0.345 e. The smallest absolute Gasteiger partial charge is 0.265 e. The molecule has 0 fully saturated rings. The fourth-order valence-electron chi connectivity index (χ4n) is 2.98. The number of benzene rings is 1. The summed E-state index contributed by atoms with van der Waals surface area (Å²) < 4.78 is 2.22. The van der Waals surface area contributed by atoms with Crippen molar-refractivity contribution in [1.82, 2.24) is 9.97 Å². The predicted octanol–water partition coefficient (Wildman–Crippen LogP) is 4.43. The lowest BCUT2D eigenvalue weighted by molar-refractivity contribution is -0.110. The average molecular weight is 392 g/mol. The Morgan fingerprint density at radius 3 is 2.93 bits per heavy atom. The van der Waals surface area contributed by atoms with Crippen molar-refractivity contribution < 1.29 is 9.59 Å². The van der Waals surface area contributed by atoms with Crippen LogP contribution in [0.1, 0.15) is 20.9 Å². The highest BCUT2D eigenvalue weighted by atomic mass is 32.1. The number of hydrogen-bond donors (Lipinski definition) is 3. The van der Waals surface area contributed by atoms with E-state index in [9.17, 15) is 9.59 Å². The first-order chi connectivity index (χ1) is 13.2. The molecule has 8 heteroatoms. The quantitative estimate of drug-likeness (QED) is 0.451. The maximum atomic E-state index is 12.6. The molecule has 6 nitrogen and oxygen atoms in total. The maximum absolute atomic E-state index is 12.6. The highest BCUT2D eigenvalue weighted by Crippen LogP contribution is 2.35. The molecular weight excluding hydrogens is 380 g/mol. The molecule has 1 aromatic carbocycles. The van der Waals surface area contributed by atoms with E-state index in [1.807, 2.05) is 23.6 Å². The Morgan fingerprint density at radius 1 is 1.19 bits per heavy atom. The lowest BCUT2D eigenvalue weighted by Crippen LogP contribution is -2.10. The molecule has 3 aromatic heterocycles. The lowest BCUT2D eigenvalue weighted by Gasteiger charge is -2.06. The highest BCUT2D eigenvalue weighted by molar-refractivity contribution is 7.27. The molecule has 0 unspecified atom stereocenters. The van der Waals surface area contributed by atoms with Crippen LogP contribution in [0.4, 0.5) is 11.4 Å². The second-order valence-electron chi connectivity index (χ2n) is 5.99. The third-order valence-electron chi connectivity index (χ3n) is 4.24. The van der Waals surface area contributed by atoms with Crippen LogP contribution >= 0.6 is 22.7 Å². The third-order valence-corrected chi connectivity index (χ3v) is 6.33. The Hall–Kier alpha value is -3.23. The van der Waals surface area contributed by atoms with E-state index in [2.05, 4.69) is 20.6 Å². The SMILES string of the molecule is O=C1Nc2ccc(NC(=O)c3cc4sccc4s3)cc2/C1=C/c1cnc[nH]1. The predicted molar refractivity (Wildman–Crippen MR) is 109 cm³/mol. The molecule has 1 aliphatic rings. The zero-order valence-electron chi connectivity index (χ0n) is 13.8. The summed E-state index contributed by atoms with van der Waals surface area (Å²) in [4.78, 5) is 32.4. The van der Waals surface area contributed by atoms with Crippen molar-refractivity contribution in [2.45, 2.75) is 0 Å². The molecule has 0 radical (unpaired) electrons. The maximum Gasteiger partial charge on any atom is 0.265 e. The van der Waals surface area contributed by atoms with Crippen LogP contribution in [0.15, 0.2) is 48.2 Å². The van der Waals surface area contributed by atoms with Gasteiger partial charge in [0.15, 0.2) is 0 Å². The van der Waals surface area contributed by atoms with E-state index in [1.54, 1.807) is 42.1 Å². The van der Waals surface area contributed by atoms with Gasteiger partial charge in [-0.05, 0) is 41.8 Å². The molecule has 0 saturated heterocycles. The number of imidazole rings is 1. The van der Waals surface area contributed by atoms with E-state index in [0.29, 0.717) is 16.1 Å². The number of fused-ring (bicyclic) bond motifs is 2. The van der Waals surface area contributed by atoms with Crippen LogP contribution in [0, 0.1) is 0 Å². The van der Waals surface area contributed by atoms with Crippen molar-refractivity contribution >= 4 is 66.9 Å². The molecule has 0 bridgehead atoms. The Bertz CT molecular complexity index is 1190. The Morgan fingerprint density at radius 2 is 2.11 bits per heavy atom. The van der Waals surface area contributed by atoms with E-state index in [0.717, 1.165) is 26.3 Å². The van der Waals surface area contributed by atoms with Gasteiger partial charge >= 0.3 is 0 Å². The minimum absolute atomic E-state index is 0.153. The van der Waals surface area contributed by atoms with Crippen LogP contribution in [-0.2, 0) is 4.79 Å². The highest BCUT2D eigenvalue weighted by Gasteiger charge is 2.25. The van der Waals surface area contributed by atoms with Gasteiger partial charge in [0.05, 0.1) is 28.7 Å². The molecule has 0 spiro atoms. The molecule has 0 aliphatic carbocycles. The number of rotatable bonds is 3. The molecule has 4 heterocycles. The van der Waals surface area contributed by atoms with Gasteiger partial charge in [-0.25, -0.2) is 4.98 Å². The summed E-state index contributed by atoms with van der Waals surface area (Å²) >= 11 is 3.09. The van der Waals surface area contributed by atoms with Gasteiger partial charge in [0.1, 0.15) is 0 Å². The molecule has 1 aliphatic heterocycles. The first kappa shape index (κ1) is 16.0. The van der Waals surface area contributed by atoms with Gasteiger partial charge in [-0.15, -0.1) is 22.7 Å². The number of carbonyl (C=O) groups excluding carboxylic acids is 2. The lowest BCUT2D eigenvalue weighted by atomic mass is 10.1. The van der Waals surface area contributed by atoms with Crippen molar-refractivity contribution in [1.29, 1.82) is 0 Å². The Balaban J connectivity index is 1.45. The van der Waals surface area contributed by atoms with Crippen LogP contribution in [0.25, 0.3) is 21.0 Å². The number of nitrogens with zero attached hydrogens (tertiary/aromatic N) is 1. The molecule has 4 aromatic rings.